The van der Waals surface area contributed by atoms with E-state index in [9.17, 15) is 23.3 Å². The number of sulfone groups is 1. The van der Waals surface area contributed by atoms with Crippen LogP contribution in [-0.2, 0) is 14.6 Å². The number of nitro groups is 1. The molecular formula is C17H17NO7S. The van der Waals surface area contributed by atoms with Gasteiger partial charge in [-0.15, -0.1) is 0 Å². The van der Waals surface area contributed by atoms with Gasteiger partial charge in [-0.25, -0.2) is 13.2 Å². The number of nitro benzene ring substituents is 1. The van der Waals surface area contributed by atoms with Gasteiger partial charge >= 0.3 is 5.97 Å². The lowest BCUT2D eigenvalue weighted by atomic mass is 10.2. The third-order valence-electron chi connectivity index (χ3n) is 3.46. The Bertz CT molecular complexity index is 938. The highest BCUT2D eigenvalue weighted by molar-refractivity contribution is 7.90. The summed E-state index contributed by atoms with van der Waals surface area (Å²) in [7, 11) is -3.79. The van der Waals surface area contributed by atoms with Gasteiger partial charge in [-0.2, -0.15) is 0 Å². The summed E-state index contributed by atoms with van der Waals surface area (Å²) in [4.78, 5) is 21.8. The van der Waals surface area contributed by atoms with E-state index in [1.54, 1.807) is 6.07 Å². The molecule has 0 heterocycles. The van der Waals surface area contributed by atoms with Crippen molar-refractivity contribution >= 4 is 21.5 Å². The second kappa shape index (κ2) is 7.96. The Balaban J connectivity index is 2.02. The molecule has 0 bridgehead atoms. The molecule has 9 heteroatoms. The minimum Gasteiger partial charge on any atom is -0.490 e. The number of benzene rings is 2. The van der Waals surface area contributed by atoms with Crippen molar-refractivity contribution in [2.45, 2.75) is 11.8 Å². The first-order valence-electron chi connectivity index (χ1n) is 7.54. The number of rotatable bonds is 7. The Kier molecular flexibility index (Phi) is 5.93. The molecule has 138 valence electrons. The van der Waals surface area contributed by atoms with Gasteiger partial charge in [0.1, 0.15) is 23.9 Å². The van der Waals surface area contributed by atoms with Crippen molar-refractivity contribution in [1.29, 1.82) is 0 Å². The molecule has 2 aromatic carbocycles. The molecule has 0 saturated heterocycles. The van der Waals surface area contributed by atoms with Crippen LogP contribution in [0.25, 0.3) is 0 Å². The highest BCUT2D eigenvalue weighted by Gasteiger charge is 2.24. The van der Waals surface area contributed by atoms with Crippen molar-refractivity contribution in [3.8, 4) is 5.75 Å². The molecule has 0 aliphatic heterocycles. The van der Waals surface area contributed by atoms with Gasteiger partial charge in [0.05, 0.1) is 10.5 Å². The topological polar surface area (TPSA) is 113 Å². The summed E-state index contributed by atoms with van der Waals surface area (Å²) in [5.41, 5.74) is 0.156. The molecule has 2 rings (SSSR count). The van der Waals surface area contributed by atoms with E-state index in [-0.39, 0.29) is 18.8 Å². The standard InChI is InChI=1S/C17H17NO7S/c1-12-5-3-4-6-15(12)24-9-10-25-17(19)13-7-8-16(26(2,22)23)14(11-13)18(20)21/h3-8,11H,9-10H2,1-2H3. The number of aryl methyl sites for hydroxylation is 1. The molecule has 0 radical (unpaired) electrons. The van der Waals surface area contributed by atoms with Gasteiger partial charge in [0.15, 0.2) is 9.84 Å². The summed E-state index contributed by atoms with van der Waals surface area (Å²) < 4.78 is 33.6. The number of esters is 1. The van der Waals surface area contributed by atoms with Crippen LogP contribution in [0.5, 0.6) is 5.75 Å². The van der Waals surface area contributed by atoms with Crippen LogP contribution in [0.15, 0.2) is 47.4 Å². The predicted octanol–water partition coefficient (Wildman–Crippen LogP) is 2.54. The Hall–Kier alpha value is -2.94. The summed E-state index contributed by atoms with van der Waals surface area (Å²) in [5.74, 6) is -0.141. The van der Waals surface area contributed by atoms with E-state index in [0.717, 1.165) is 24.0 Å². The van der Waals surface area contributed by atoms with E-state index < -0.39 is 31.3 Å². The highest BCUT2D eigenvalue weighted by atomic mass is 32.2. The van der Waals surface area contributed by atoms with Crippen LogP contribution >= 0.6 is 0 Å². The van der Waals surface area contributed by atoms with Crippen LogP contribution < -0.4 is 4.74 Å². The van der Waals surface area contributed by atoms with Crippen molar-refractivity contribution in [2.75, 3.05) is 19.5 Å². The van der Waals surface area contributed by atoms with Crippen LogP contribution in [-0.4, -0.2) is 38.8 Å². The maximum atomic E-state index is 12.0. The lowest BCUT2D eigenvalue weighted by Crippen LogP contribution is -2.13. The van der Waals surface area contributed by atoms with Crippen LogP contribution in [0, 0.1) is 17.0 Å². The Labute approximate surface area is 150 Å². The molecule has 2 aromatic rings. The average Bonchev–Trinajstić information content (AvgIpc) is 2.58. The molecule has 0 saturated carbocycles. The fraction of sp³-hybridized carbons (Fsp3) is 0.235. The Morgan fingerprint density at radius 3 is 2.46 bits per heavy atom. The minimum atomic E-state index is -3.79. The molecule has 0 aliphatic rings. The number of carbonyl (C=O) groups is 1. The number of para-hydroxylation sites is 1. The Morgan fingerprint density at radius 2 is 1.85 bits per heavy atom. The number of carbonyl (C=O) groups excluding carboxylic acids is 1. The zero-order chi connectivity index (χ0) is 19.3. The van der Waals surface area contributed by atoms with Gasteiger partial charge in [0.2, 0.25) is 0 Å². The lowest BCUT2D eigenvalue weighted by molar-refractivity contribution is -0.387. The van der Waals surface area contributed by atoms with Crippen LogP contribution in [0.1, 0.15) is 15.9 Å². The second-order valence-electron chi connectivity index (χ2n) is 5.46. The van der Waals surface area contributed by atoms with Gasteiger partial charge in [-0.1, -0.05) is 18.2 Å². The molecule has 0 aliphatic carbocycles. The summed E-state index contributed by atoms with van der Waals surface area (Å²) in [6.07, 6.45) is 0.857. The Morgan fingerprint density at radius 1 is 1.15 bits per heavy atom. The SMILES string of the molecule is Cc1ccccc1OCCOC(=O)c1ccc(S(C)(=O)=O)c([N+](=O)[O-])c1. The van der Waals surface area contributed by atoms with Crippen molar-refractivity contribution < 1.29 is 27.6 Å². The molecular weight excluding hydrogens is 362 g/mol. The fourth-order valence-electron chi connectivity index (χ4n) is 2.19. The van der Waals surface area contributed by atoms with Crippen molar-refractivity contribution in [1.82, 2.24) is 0 Å². The average molecular weight is 379 g/mol. The molecule has 0 atom stereocenters. The van der Waals surface area contributed by atoms with E-state index in [1.807, 2.05) is 25.1 Å². The molecule has 0 unspecified atom stereocenters. The van der Waals surface area contributed by atoms with Crippen LogP contribution in [0.2, 0.25) is 0 Å². The zero-order valence-corrected chi connectivity index (χ0v) is 15.0. The minimum absolute atomic E-state index is 0.0607. The summed E-state index contributed by atoms with van der Waals surface area (Å²) in [6.45, 7) is 1.93. The molecule has 0 fully saturated rings. The normalized spacial score (nSPS) is 11.0. The van der Waals surface area contributed by atoms with E-state index in [2.05, 4.69) is 0 Å². The van der Waals surface area contributed by atoms with Gasteiger partial charge in [0.25, 0.3) is 5.69 Å². The maximum Gasteiger partial charge on any atom is 0.338 e. The molecule has 8 nitrogen and oxygen atoms in total. The molecule has 0 N–H and O–H groups in total. The van der Waals surface area contributed by atoms with E-state index in [1.165, 1.54) is 6.07 Å². The van der Waals surface area contributed by atoms with Crippen molar-refractivity contribution in [3.63, 3.8) is 0 Å². The number of hydrogen-bond acceptors (Lipinski definition) is 7. The molecule has 0 spiro atoms. The number of hydrogen-bond donors (Lipinski definition) is 0. The first kappa shape index (κ1) is 19.4. The number of nitrogens with zero attached hydrogens (tertiary/aromatic N) is 1. The monoisotopic (exact) mass is 379 g/mol. The number of ether oxygens (including phenoxy) is 2. The summed E-state index contributed by atoms with van der Waals surface area (Å²) in [5, 5.41) is 11.1. The van der Waals surface area contributed by atoms with E-state index >= 15 is 0 Å². The third-order valence-corrected chi connectivity index (χ3v) is 4.60. The van der Waals surface area contributed by atoms with Crippen molar-refractivity contribution in [3.05, 3.63) is 63.7 Å². The van der Waals surface area contributed by atoms with Gasteiger partial charge in [-0.05, 0) is 30.7 Å². The van der Waals surface area contributed by atoms with Gasteiger partial charge in [0, 0.05) is 12.3 Å². The van der Waals surface area contributed by atoms with E-state index in [4.69, 9.17) is 9.47 Å². The maximum absolute atomic E-state index is 12.0. The van der Waals surface area contributed by atoms with Crippen LogP contribution in [0.3, 0.4) is 0 Å². The van der Waals surface area contributed by atoms with Crippen molar-refractivity contribution in [2.24, 2.45) is 0 Å². The van der Waals surface area contributed by atoms with Crippen LogP contribution in [0.4, 0.5) is 5.69 Å². The quantitative estimate of drug-likeness (QED) is 0.314. The van der Waals surface area contributed by atoms with Gasteiger partial charge in [-0.3, -0.25) is 10.1 Å². The second-order valence-corrected chi connectivity index (χ2v) is 7.45. The molecule has 0 aromatic heterocycles. The lowest BCUT2D eigenvalue weighted by Gasteiger charge is -2.09. The molecule has 0 amide bonds. The first-order chi connectivity index (χ1) is 12.2. The summed E-state index contributed by atoms with van der Waals surface area (Å²) in [6, 6.07) is 10.4. The van der Waals surface area contributed by atoms with Gasteiger partial charge < -0.3 is 9.47 Å². The smallest absolute Gasteiger partial charge is 0.338 e. The van der Waals surface area contributed by atoms with E-state index in [0.29, 0.717) is 5.75 Å². The highest BCUT2D eigenvalue weighted by Crippen LogP contribution is 2.25. The summed E-state index contributed by atoms with van der Waals surface area (Å²) >= 11 is 0. The molecule has 26 heavy (non-hydrogen) atoms. The first-order valence-corrected chi connectivity index (χ1v) is 9.43. The third kappa shape index (κ3) is 4.79. The largest absolute Gasteiger partial charge is 0.490 e. The zero-order valence-electron chi connectivity index (χ0n) is 14.2. The fourth-order valence-corrected chi connectivity index (χ4v) is 3.02. The predicted molar refractivity (Wildman–Crippen MR) is 93.2 cm³/mol.